The number of rotatable bonds is 4. The van der Waals surface area contributed by atoms with E-state index < -0.39 is 0 Å². The van der Waals surface area contributed by atoms with Crippen LogP contribution in [-0.2, 0) is 4.79 Å². The molecule has 1 heterocycles. The molecule has 0 spiro atoms. The number of thioether (sulfide) groups is 1. The molecule has 1 aromatic heterocycles. The molecule has 0 radical (unpaired) electrons. The first-order valence-electron chi connectivity index (χ1n) is 6.73. The predicted molar refractivity (Wildman–Crippen MR) is 91.6 cm³/mol. The molecule has 0 bridgehead atoms. The fraction of sp³-hybridized carbons (Fsp3) is 0.0625. The Morgan fingerprint density at radius 2 is 2.17 bits per heavy atom. The number of aromatic amines is 1. The van der Waals surface area contributed by atoms with Crippen LogP contribution in [0, 0.1) is 11.3 Å². The molecule has 114 valence electrons. The van der Waals surface area contributed by atoms with Crippen molar-refractivity contribution in [2.24, 2.45) is 0 Å². The van der Waals surface area contributed by atoms with Gasteiger partial charge in [0.05, 0.1) is 28.0 Å². The average Bonchev–Trinajstić information content (AvgIpc) is 2.95. The van der Waals surface area contributed by atoms with Crippen LogP contribution in [-0.4, -0.2) is 21.6 Å². The maximum absolute atomic E-state index is 12.0. The molecule has 7 heteroatoms. The van der Waals surface area contributed by atoms with E-state index in [1.807, 2.05) is 12.1 Å². The average molecular weight is 343 g/mol. The minimum Gasteiger partial charge on any atom is -0.333 e. The molecular formula is C16H11ClN4OS. The number of nitrogens with zero attached hydrogens (tertiary/aromatic N) is 2. The van der Waals surface area contributed by atoms with Crippen LogP contribution in [0.4, 0.5) is 5.69 Å². The molecule has 0 atom stereocenters. The van der Waals surface area contributed by atoms with Gasteiger partial charge in [0, 0.05) is 5.02 Å². The van der Waals surface area contributed by atoms with Gasteiger partial charge in [-0.25, -0.2) is 4.98 Å². The van der Waals surface area contributed by atoms with Crippen LogP contribution in [0.25, 0.3) is 11.0 Å². The number of carbonyl (C=O) groups excluding carboxylic acids is 1. The Morgan fingerprint density at radius 3 is 3.00 bits per heavy atom. The summed E-state index contributed by atoms with van der Waals surface area (Å²) < 4.78 is 0. The molecule has 2 N–H and O–H groups in total. The van der Waals surface area contributed by atoms with Gasteiger partial charge in [0.15, 0.2) is 5.16 Å². The van der Waals surface area contributed by atoms with Gasteiger partial charge < -0.3 is 10.3 Å². The second kappa shape index (κ2) is 6.73. The number of carbonyl (C=O) groups is 1. The maximum Gasteiger partial charge on any atom is 0.234 e. The van der Waals surface area contributed by atoms with Crippen LogP contribution < -0.4 is 5.32 Å². The zero-order valence-corrected chi connectivity index (χ0v) is 13.4. The number of aromatic nitrogens is 2. The first-order chi connectivity index (χ1) is 11.2. The van der Waals surface area contributed by atoms with Crippen LogP contribution in [0.15, 0.2) is 47.6 Å². The first kappa shape index (κ1) is 15.4. The van der Waals surface area contributed by atoms with E-state index in [9.17, 15) is 4.79 Å². The number of benzene rings is 2. The first-order valence-corrected chi connectivity index (χ1v) is 8.09. The van der Waals surface area contributed by atoms with Crippen LogP contribution >= 0.6 is 23.4 Å². The lowest BCUT2D eigenvalue weighted by Crippen LogP contribution is -2.14. The molecule has 0 saturated carbocycles. The van der Waals surface area contributed by atoms with E-state index in [0.29, 0.717) is 21.4 Å². The molecule has 0 saturated heterocycles. The second-order valence-corrected chi connectivity index (χ2v) is 6.10. The number of nitriles is 1. The van der Waals surface area contributed by atoms with Gasteiger partial charge in [0.1, 0.15) is 6.07 Å². The van der Waals surface area contributed by atoms with Gasteiger partial charge in [-0.05, 0) is 30.3 Å². The van der Waals surface area contributed by atoms with E-state index in [4.69, 9.17) is 16.9 Å². The monoisotopic (exact) mass is 342 g/mol. The summed E-state index contributed by atoms with van der Waals surface area (Å²) in [5.41, 5.74) is 2.57. The number of amides is 1. The third kappa shape index (κ3) is 3.65. The standard InChI is InChI=1S/C16H11ClN4OS/c17-11-5-6-13-14(7-11)21-16(20-13)23-9-15(22)19-12-4-2-1-3-10(12)8-18/h1-7H,9H2,(H,19,22)(H,20,21). The van der Waals surface area contributed by atoms with Crippen molar-refractivity contribution in [2.45, 2.75) is 5.16 Å². The van der Waals surface area contributed by atoms with Gasteiger partial charge in [0.2, 0.25) is 5.91 Å². The summed E-state index contributed by atoms with van der Waals surface area (Å²) in [7, 11) is 0. The fourth-order valence-corrected chi connectivity index (χ4v) is 2.89. The normalized spacial score (nSPS) is 10.4. The minimum absolute atomic E-state index is 0.188. The topological polar surface area (TPSA) is 81.6 Å². The van der Waals surface area contributed by atoms with E-state index >= 15 is 0 Å². The summed E-state index contributed by atoms with van der Waals surface area (Å²) >= 11 is 7.22. The Balaban J connectivity index is 1.65. The molecule has 5 nitrogen and oxygen atoms in total. The molecule has 3 aromatic rings. The van der Waals surface area contributed by atoms with Crippen molar-refractivity contribution in [2.75, 3.05) is 11.1 Å². The van der Waals surface area contributed by atoms with Gasteiger partial charge >= 0.3 is 0 Å². The van der Waals surface area contributed by atoms with E-state index in [1.165, 1.54) is 11.8 Å². The van der Waals surface area contributed by atoms with E-state index in [0.717, 1.165) is 11.0 Å². The number of hydrogen-bond donors (Lipinski definition) is 2. The summed E-state index contributed by atoms with van der Waals surface area (Å²) in [5, 5.41) is 13.0. The Labute approximate surface area is 141 Å². The number of anilines is 1. The Hall–Kier alpha value is -2.49. The molecule has 0 aliphatic rings. The Kier molecular flexibility index (Phi) is 4.51. The smallest absolute Gasteiger partial charge is 0.234 e. The fourth-order valence-electron chi connectivity index (χ4n) is 2.04. The number of imidazole rings is 1. The lowest BCUT2D eigenvalue weighted by atomic mass is 10.2. The van der Waals surface area contributed by atoms with Crippen molar-refractivity contribution in [3.63, 3.8) is 0 Å². The maximum atomic E-state index is 12.0. The van der Waals surface area contributed by atoms with Crippen molar-refractivity contribution >= 4 is 46.0 Å². The van der Waals surface area contributed by atoms with Gasteiger partial charge in [0.25, 0.3) is 0 Å². The lowest BCUT2D eigenvalue weighted by Gasteiger charge is -2.05. The Bertz CT molecular complexity index is 916. The summed E-state index contributed by atoms with van der Waals surface area (Å²) in [6.07, 6.45) is 0. The molecule has 0 aliphatic heterocycles. The minimum atomic E-state index is -0.198. The molecule has 1 amide bonds. The summed E-state index contributed by atoms with van der Waals surface area (Å²) in [6, 6.07) is 14.3. The highest BCUT2D eigenvalue weighted by Gasteiger charge is 2.09. The van der Waals surface area contributed by atoms with Gasteiger partial charge in [-0.2, -0.15) is 5.26 Å². The summed E-state index contributed by atoms with van der Waals surface area (Å²) in [4.78, 5) is 19.5. The van der Waals surface area contributed by atoms with Crippen LogP contribution in [0.1, 0.15) is 5.56 Å². The van der Waals surface area contributed by atoms with Crippen LogP contribution in [0.2, 0.25) is 5.02 Å². The lowest BCUT2D eigenvalue weighted by molar-refractivity contribution is -0.113. The molecule has 0 aliphatic carbocycles. The number of nitrogens with one attached hydrogen (secondary N) is 2. The van der Waals surface area contributed by atoms with Crippen molar-refractivity contribution < 1.29 is 4.79 Å². The number of hydrogen-bond acceptors (Lipinski definition) is 4. The SMILES string of the molecule is N#Cc1ccccc1NC(=O)CSc1nc2ccc(Cl)cc2[nH]1. The quantitative estimate of drug-likeness (QED) is 0.706. The van der Waals surface area contributed by atoms with E-state index in [2.05, 4.69) is 15.3 Å². The highest BCUT2D eigenvalue weighted by molar-refractivity contribution is 7.99. The van der Waals surface area contributed by atoms with E-state index in [1.54, 1.807) is 36.4 Å². The van der Waals surface area contributed by atoms with Gasteiger partial charge in [-0.1, -0.05) is 35.5 Å². The Morgan fingerprint density at radius 1 is 1.35 bits per heavy atom. The number of H-pyrrole nitrogens is 1. The van der Waals surface area contributed by atoms with Crippen molar-refractivity contribution in [1.82, 2.24) is 9.97 Å². The summed E-state index contributed by atoms with van der Waals surface area (Å²) in [6.45, 7) is 0. The molecular weight excluding hydrogens is 332 g/mol. The number of fused-ring (bicyclic) bond motifs is 1. The molecule has 23 heavy (non-hydrogen) atoms. The van der Waals surface area contributed by atoms with Gasteiger partial charge in [-0.3, -0.25) is 4.79 Å². The zero-order valence-electron chi connectivity index (χ0n) is 11.8. The highest BCUT2D eigenvalue weighted by Crippen LogP contribution is 2.22. The van der Waals surface area contributed by atoms with Crippen molar-refractivity contribution in [3.05, 3.63) is 53.1 Å². The summed E-state index contributed by atoms with van der Waals surface area (Å²) in [5.74, 6) is -0.0102. The third-order valence-corrected chi connectivity index (χ3v) is 4.19. The number of para-hydroxylation sites is 1. The zero-order chi connectivity index (χ0) is 16.2. The van der Waals surface area contributed by atoms with Gasteiger partial charge in [-0.15, -0.1) is 0 Å². The third-order valence-electron chi connectivity index (χ3n) is 3.08. The molecule has 2 aromatic carbocycles. The molecule has 0 unspecified atom stereocenters. The molecule has 3 rings (SSSR count). The number of halogens is 1. The van der Waals surface area contributed by atoms with Crippen LogP contribution in [0.3, 0.4) is 0 Å². The predicted octanol–water partition coefficient (Wildman–Crippen LogP) is 3.82. The molecule has 0 fully saturated rings. The van der Waals surface area contributed by atoms with Crippen LogP contribution in [0.5, 0.6) is 0 Å². The van der Waals surface area contributed by atoms with Crippen molar-refractivity contribution in [1.29, 1.82) is 5.26 Å². The van der Waals surface area contributed by atoms with E-state index in [-0.39, 0.29) is 11.7 Å². The van der Waals surface area contributed by atoms with Crippen molar-refractivity contribution in [3.8, 4) is 6.07 Å². The highest BCUT2D eigenvalue weighted by atomic mass is 35.5. The largest absolute Gasteiger partial charge is 0.333 e. The second-order valence-electron chi connectivity index (χ2n) is 4.70.